The Kier molecular flexibility index (Phi) is 5.36. The number of hydrogen-bond acceptors (Lipinski definition) is 5. The van der Waals surface area contributed by atoms with Gasteiger partial charge in [-0.05, 0) is 25.3 Å². The molecule has 0 spiro atoms. The Labute approximate surface area is 160 Å². The molecule has 1 aromatic heterocycles. The van der Waals surface area contributed by atoms with Gasteiger partial charge in [0.25, 0.3) is 5.91 Å². The number of carbonyl (C=O) groups is 2. The van der Waals surface area contributed by atoms with Crippen molar-refractivity contribution < 1.29 is 31.5 Å². The third kappa shape index (κ3) is 4.41. The number of aromatic nitrogens is 2. The second-order valence-electron chi connectivity index (χ2n) is 6.39. The van der Waals surface area contributed by atoms with E-state index < -0.39 is 35.2 Å². The van der Waals surface area contributed by atoms with Crippen LogP contribution in [0, 0.1) is 11.6 Å². The second kappa shape index (κ2) is 7.60. The number of alkyl halides is 3. The fourth-order valence-electron chi connectivity index (χ4n) is 2.85. The highest BCUT2D eigenvalue weighted by Crippen LogP contribution is 2.44. The summed E-state index contributed by atoms with van der Waals surface area (Å²) in [5, 5.41) is 2.97. The maximum atomic E-state index is 14.2. The molecular formula is C17H14F5N5O2. The van der Waals surface area contributed by atoms with Crippen LogP contribution < -0.4 is 16.2 Å². The van der Waals surface area contributed by atoms with Crippen LogP contribution in [0.3, 0.4) is 0 Å². The number of nitrogens with one attached hydrogen (secondary N) is 3. The first-order valence-electron chi connectivity index (χ1n) is 8.34. The molecule has 7 nitrogen and oxygen atoms in total. The molecule has 0 bridgehead atoms. The van der Waals surface area contributed by atoms with Crippen molar-refractivity contribution in [1.82, 2.24) is 20.8 Å². The predicted molar refractivity (Wildman–Crippen MR) is 89.2 cm³/mol. The van der Waals surface area contributed by atoms with Crippen LogP contribution >= 0.6 is 0 Å². The zero-order valence-electron chi connectivity index (χ0n) is 14.6. The number of anilines is 1. The standard InChI is InChI=1S/C17H14F5N5O2/c18-10-2-3-11(12(19)6-10)16(4-1-5-16)25-15-23-7-9(8-24-15)13(28)26-27-14(29)17(20,21)22/h2-3,6-8H,1,4-5H2,(H,26,28)(H,27,29)(H,23,24,25). The number of hydrogen-bond donors (Lipinski definition) is 3. The Hall–Kier alpha value is -3.31. The molecule has 0 unspecified atom stereocenters. The lowest BCUT2D eigenvalue weighted by Gasteiger charge is -2.43. The van der Waals surface area contributed by atoms with Gasteiger partial charge in [-0.2, -0.15) is 13.2 Å². The summed E-state index contributed by atoms with van der Waals surface area (Å²) in [5.41, 5.74) is 2.02. The van der Waals surface area contributed by atoms with Crippen LogP contribution in [0.1, 0.15) is 35.2 Å². The molecule has 0 atom stereocenters. The number of nitrogens with zero attached hydrogens (tertiary/aromatic N) is 2. The first-order chi connectivity index (χ1) is 13.6. The molecule has 1 aliphatic rings. The Balaban J connectivity index is 1.68. The van der Waals surface area contributed by atoms with Gasteiger partial charge in [-0.3, -0.25) is 20.4 Å². The minimum atomic E-state index is -5.15. The summed E-state index contributed by atoms with van der Waals surface area (Å²) in [6, 6.07) is 3.26. The zero-order valence-corrected chi connectivity index (χ0v) is 14.6. The predicted octanol–water partition coefficient (Wildman–Crippen LogP) is 2.57. The van der Waals surface area contributed by atoms with Gasteiger partial charge in [0.2, 0.25) is 5.95 Å². The molecule has 1 aliphatic carbocycles. The summed E-state index contributed by atoms with van der Waals surface area (Å²) in [5.74, 6) is -4.77. The quantitative estimate of drug-likeness (QED) is 0.527. The average Bonchev–Trinajstić information content (AvgIpc) is 2.62. The van der Waals surface area contributed by atoms with Crippen LogP contribution in [0.15, 0.2) is 30.6 Å². The maximum Gasteiger partial charge on any atom is 0.472 e. The van der Waals surface area contributed by atoms with Crippen molar-refractivity contribution in [2.75, 3.05) is 5.32 Å². The minimum absolute atomic E-state index is 0.0457. The van der Waals surface area contributed by atoms with Crippen molar-refractivity contribution in [1.29, 1.82) is 0 Å². The molecule has 1 saturated carbocycles. The van der Waals surface area contributed by atoms with Gasteiger partial charge in [0.15, 0.2) is 0 Å². The lowest BCUT2D eigenvalue weighted by molar-refractivity contribution is -0.174. The second-order valence-corrected chi connectivity index (χ2v) is 6.39. The highest BCUT2D eigenvalue weighted by molar-refractivity contribution is 5.95. The topological polar surface area (TPSA) is 96.0 Å². The number of rotatable bonds is 4. The van der Waals surface area contributed by atoms with Gasteiger partial charge in [0, 0.05) is 24.0 Å². The fourth-order valence-corrected chi connectivity index (χ4v) is 2.85. The van der Waals surface area contributed by atoms with Crippen molar-refractivity contribution in [3.8, 4) is 0 Å². The van der Waals surface area contributed by atoms with Gasteiger partial charge in [-0.15, -0.1) is 0 Å². The van der Waals surface area contributed by atoms with E-state index in [9.17, 15) is 31.5 Å². The van der Waals surface area contributed by atoms with Gasteiger partial charge < -0.3 is 5.32 Å². The Morgan fingerprint density at radius 1 is 1.03 bits per heavy atom. The molecule has 2 amide bonds. The van der Waals surface area contributed by atoms with Gasteiger partial charge in [-0.25, -0.2) is 18.7 Å². The van der Waals surface area contributed by atoms with Crippen molar-refractivity contribution in [2.45, 2.75) is 31.0 Å². The average molecular weight is 415 g/mol. The van der Waals surface area contributed by atoms with Crippen LogP contribution in [0.4, 0.5) is 27.9 Å². The first-order valence-corrected chi connectivity index (χ1v) is 8.34. The highest BCUT2D eigenvalue weighted by atomic mass is 19.4. The third-order valence-corrected chi connectivity index (χ3v) is 4.47. The lowest BCUT2D eigenvalue weighted by atomic mass is 9.71. The van der Waals surface area contributed by atoms with Crippen molar-refractivity contribution in [3.63, 3.8) is 0 Å². The summed E-state index contributed by atoms with van der Waals surface area (Å²) < 4.78 is 63.7. The zero-order chi connectivity index (χ0) is 21.2. The molecule has 1 fully saturated rings. The summed E-state index contributed by atoms with van der Waals surface area (Å²) in [6.07, 6.45) is -1.21. The summed E-state index contributed by atoms with van der Waals surface area (Å²) in [6.45, 7) is 0. The monoisotopic (exact) mass is 415 g/mol. The van der Waals surface area contributed by atoms with E-state index in [1.54, 1.807) is 5.43 Å². The van der Waals surface area contributed by atoms with Crippen molar-refractivity contribution in [3.05, 3.63) is 53.4 Å². The largest absolute Gasteiger partial charge is 0.472 e. The molecule has 12 heteroatoms. The molecule has 0 saturated heterocycles. The maximum absolute atomic E-state index is 14.2. The van der Waals surface area contributed by atoms with E-state index in [2.05, 4.69) is 15.3 Å². The van der Waals surface area contributed by atoms with Gasteiger partial charge in [-0.1, -0.05) is 6.07 Å². The number of carbonyl (C=O) groups excluding carboxylic acids is 2. The highest BCUT2D eigenvalue weighted by Gasteiger charge is 2.41. The SMILES string of the molecule is O=C(NNC(=O)C(F)(F)F)c1cnc(NC2(c3ccc(F)cc3F)CCC2)nc1. The van der Waals surface area contributed by atoms with Crippen molar-refractivity contribution >= 4 is 17.8 Å². The summed E-state index contributed by atoms with van der Waals surface area (Å²) in [4.78, 5) is 30.2. The molecule has 0 radical (unpaired) electrons. The van der Waals surface area contributed by atoms with E-state index >= 15 is 0 Å². The van der Waals surface area contributed by atoms with Gasteiger partial charge >= 0.3 is 12.1 Å². The van der Waals surface area contributed by atoms with Gasteiger partial charge in [0.1, 0.15) is 11.6 Å². The van der Waals surface area contributed by atoms with Gasteiger partial charge in [0.05, 0.1) is 11.1 Å². The molecule has 3 rings (SSSR count). The molecule has 29 heavy (non-hydrogen) atoms. The normalized spacial score (nSPS) is 15.2. The summed E-state index contributed by atoms with van der Waals surface area (Å²) in [7, 11) is 0. The lowest BCUT2D eigenvalue weighted by Crippen LogP contribution is -2.47. The van der Waals surface area contributed by atoms with Crippen LogP contribution in [0.2, 0.25) is 0 Å². The van der Waals surface area contributed by atoms with E-state index in [1.807, 2.05) is 0 Å². The Morgan fingerprint density at radius 3 is 2.21 bits per heavy atom. The first kappa shape index (κ1) is 20.4. The molecule has 0 aliphatic heterocycles. The van der Waals surface area contributed by atoms with Crippen molar-refractivity contribution in [2.24, 2.45) is 0 Å². The number of benzene rings is 1. The molecule has 2 aromatic rings. The third-order valence-electron chi connectivity index (χ3n) is 4.47. The van der Waals surface area contributed by atoms with E-state index in [4.69, 9.17) is 0 Å². The van der Waals surface area contributed by atoms with Crippen LogP contribution in [-0.2, 0) is 10.3 Å². The fraction of sp³-hybridized carbons (Fsp3) is 0.294. The number of amides is 2. The Morgan fingerprint density at radius 2 is 1.69 bits per heavy atom. The molecular weight excluding hydrogens is 401 g/mol. The molecule has 154 valence electrons. The number of halogens is 5. The van der Waals surface area contributed by atoms with Crippen LogP contribution in [0.5, 0.6) is 0 Å². The van der Waals surface area contributed by atoms with Crippen LogP contribution in [-0.4, -0.2) is 28.0 Å². The smallest absolute Gasteiger partial charge is 0.345 e. The Bertz CT molecular complexity index is 929. The minimum Gasteiger partial charge on any atom is -0.345 e. The van der Waals surface area contributed by atoms with E-state index in [0.717, 1.165) is 30.9 Å². The molecule has 1 heterocycles. The molecule has 1 aromatic carbocycles. The number of hydrazine groups is 1. The van der Waals surface area contributed by atoms with E-state index in [1.165, 1.54) is 11.5 Å². The summed E-state index contributed by atoms with van der Waals surface area (Å²) >= 11 is 0. The van der Waals surface area contributed by atoms with Crippen LogP contribution in [0.25, 0.3) is 0 Å². The van der Waals surface area contributed by atoms with E-state index in [0.29, 0.717) is 12.8 Å². The van der Waals surface area contributed by atoms with E-state index in [-0.39, 0.29) is 17.1 Å². The molecule has 3 N–H and O–H groups in total.